The maximum absolute atomic E-state index is 11.9. The van der Waals surface area contributed by atoms with Crippen LogP contribution in [0.5, 0.6) is 11.5 Å². The first-order chi connectivity index (χ1) is 10.5. The fourth-order valence-corrected chi connectivity index (χ4v) is 1.87. The van der Waals surface area contributed by atoms with Crippen LogP contribution >= 0.6 is 0 Å². The molecular formula is C17H18N2O3. The van der Waals surface area contributed by atoms with E-state index >= 15 is 0 Å². The molecule has 0 aliphatic rings. The molecule has 5 nitrogen and oxygen atoms in total. The normalized spacial score (nSPS) is 11.0. The third-order valence-corrected chi connectivity index (χ3v) is 3.22. The van der Waals surface area contributed by atoms with E-state index in [-0.39, 0.29) is 17.4 Å². The summed E-state index contributed by atoms with van der Waals surface area (Å²) in [6.45, 7) is 4.18. The van der Waals surface area contributed by atoms with E-state index in [0.29, 0.717) is 17.0 Å². The van der Waals surface area contributed by atoms with Crippen LogP contribution in [0.1, 0.15) is 41.3 Å². The summed E-state index contributed by atoms with van der Waals surface area (Å²) >= 11 is 0. The first-order valence-electron chi connectivity index (χ1n) is 6.92. The van der Waals surface area contributed by atoms with Gasteiger partial charge in [-0.05, 0) is 47.4 Å². The first kappa shape index (κ1) is 15.6. The Morgan fingerprint density at radius 1 is 1.09 bits per heavy atom. The van der Waals surface area contributed by atoms with Gasteiger partial charge in [0.1, 0.15) is 0 Å². The highest BCUT2D eigenvalue weighted by Gasteiger charge is 2.05. The number of rotatable bonds is 4. The van der Waals surface area contributed by atoms with E-state index in [1.54, 1.807) is 18.2 Å². The van der Waals surface area contributed by atoms with E-state index < -0.39 is 0 Å². The number of nitrogens with zero attached hydrogens (tertiary/aromatic N) is 1. The number of carbonyl (C=O) groups is 1. The molecule has 2 aromatic carbocycles. The van der Waals surface area contributed by atoms with Crippen molar-refractivity contribution in [1.29, 1.82) is 0 Å². The monoisotopic (exact) mass is 298 g/mol. The summed E-state index contributed by atoms with van der Waals surface area (Å²) in [6, 6.07) is 11.6. The van der Waals surface area contributed by atoms with Crippen LogP contribution in [-0.2, 0) is 0 Å². The molecule has 3 N–H and O–H groups in total. The highest BCUT2D eigenvalue weighted by atomic mass is 16.3. The predicted octanol–water partition coefficient (Wildman–Crippen LogP) is 2.99. The number of hydrazone groups is 1. The summed E-state index contributed by atoms with van der Waals surface area (Å²) in [4.78, 5) is 11.9. The highest BCUT2D eigenvalue weighted by molar-refractivity contribution is 5.94. The largest absolute Gasteiger partial charge is 0.504 e. The molecule has 0 aliphatic carbocycles. The lowest BCUT2D eigenvalue weighted by molar-refractivity contribution is 0.0955. The Labute approximate surface area is 128 Å². The smallest absolute Gasteiger partial charge is 0.271 e. The molecule has 0 aliphatic heterocycles. The lowest BCUT2D eigenvalue weighted by Gasteiger charge is -2.06. The van der Waals surface area contributed by atoms with Crippen LogP contribution in [0, 0.1) is 0 Å². The Bertz CT molecular complexity index is 692. The molecule has 0 saturated heterocycles. The molecule has 2 aromatic rings. The van der Waals surface area contributed by atoms with Crippen molar-refractivity contribution in [3.8, 4) is 11.5 Å². The molecule has 114 valence electrons. The quantitative estimate of drug-likeness (QED) is 0.461. The van der Waals surface area contributed by atoms with Gasteiger partial charge in [-0.2, -0.15) is 5.10 Å². The minimum absolute atomic E-state index is 0.202. The molecule has 0 bridgehead atoms. The Kier molecular flexibility index (Phi) is 4.78. The molecule has 0 fully saturated rings. The number of carbonyl (C=O) groups excluding carboxylic acids is 1. The van der Waals surface area contributed by atoms with Crippen LogP contribution in [0.3, 0.4) is 0 Å². The second-order valence-corrected chi connectivity index (χ2v) is 5.22. The summed E-state index contributed by atoms with van der Waals surface area (Å²) in [6.07, 6.45) is 1.39. The van der Waals surface area contributed by atoms with Crippen molar-refractivity contribution in [1.82, 2.24) is 5.43 Å². The van der Waals surface area contributed by atoms with Gasteiger partial charge in [-0.15, -0.1) is 0 Å². The van der Waals surface area contributed by atoms with Crippen molar-refractivity contribution in [2.45, 2.75) is 19.8 Å². The van der Waals surface area contributed by atoms with Gasteiger partial charge in [-0.3, -0.25) is 4.79 Å². The van der Waals surface area contributed by atoms with Crippen LogP contribution in [0.15, 0.2) is 47.6 Å². The van der Waals surface area contributed by atoms with Gasteiger partial charge >= 0.3 is 0 Å². The minimum atomic E-state index is -0.311. The second-order valence-electron chi connectivity index (χ2n) is 5.22. The van der Waals surface area contributed by atoms with E-state index in [9.17, 15) is 15.0 Å². The molecule has 0 heterocycles. The van der Waals surface area contributed by atoms with Crippen LogP contribution in [0.25, 0.3) is 0 Å². The lowest BCUT2D eigenvalue weighted by Crippen LogP contribution is -2.17. The zero-order chi connectivity index (χ0) is 16.1. The number of amides is 1. The Hall–Kier alpha value is -2.82. The summed E-state index contributed by atoms with van der Waals surface area (Å²) in [7, 11) is 0. The number of phenolic OH excluding ortho intramolecular Hbond substituents is 2. The van der Waals surface area contributed by atoms with Crippen molar-refractivity contribution >= 4 is 12.1 Å². The molecule has 0 spiro atoms. The standard InChI is InChI=1S/C17H18N2O3/c1-11(2)13-4-6-14(7-5-13)17(22)19-18-10-12-3-8-15(20)16(21)9-12/h3-11,20-21H,1-2H3,(H,19,22)/b18-10+. The fraction of sp³-hybridized carbons (Fsp3) is 0.176. The van der Waals surface area contributed by atoms with Crippen molar-refractivity contribution in [2.24, 2.45) is 5.10 Å². The van der Waals surface area contributed by atoms with E-state index in [1.807, 2.05) is 12.1 Å². The van der Waals surface area contributed by atoms with Gasteiger partial charge in [0.15, 0.2) is 11.5 Å². The number of phenols is 2. The van der Waals surface area contributed by atoms with E-state index in [2.05, 4.69) is 24.4 Å². The molecule has 0 unspecified atom stereocenters. The summed E-state index contributed by atoms with van der Waals surface area (Å²) in [5.41, 5.74) is 4.67. The maximum Gasteiger partial charge on any atom is 0.271 e. The third-order valence-electron chi connectivity index (χ3n) is 3.22. The van der Waals surface area contributed by atoms with Crippen molar-refractivity contribution in [3.05, 3.63) is 59.2 Å². The average molecular weight is 298 g/mol. The molecule has 0 radical (unpaired) electrons. The molecular weight excluding hydrogens is 280 g/mol. The predicted molar refractivity (Wildman–Crippen MR) is 85.4 cm³/mol. The van der Waals surface area contributed by atoms with E-state index in [4.69, 9.17) is 0 Å². The SMILES string of the molecule is CC(C)c1ccc(C(=O)N/N=C/c2ccc(O)c(O)c2)cc1. The fourth-order valence-electron chi connectivity index (χ4n) is 1.87. The zero-order valence-corrected chi connectivity index (χ0v) is 12.4. The number of hydrogen-bond donors (Lipinski definition) is 3. The van der Waals surface area contributed by atoms with Gasteiger partial charge < -0.3 is 10.2 Å². The van der Waals surface area contributed by atoms with Gasteiger partial charge in [0.25, 0.3) is 5.91 Å². The van der Waals surface area contributed by atoms with Crippen LogP contribution in [0.2, 0.25) is 0 Å². The minimum Gasteiger partial charge on any atom is -0.504 e. The van der Waals surface area contributed by atoms with Crippen molar-refractivity contribution in [2.75, 3.05) is 0 Å². The Morgan fingerprint density at radius 3 is 2.36 bits per heavy atom. The number of aromatic hydroxyl groups is 2. The van der Waals surface area contributed by atoms with Crippen molar-refractivity contribution < 1.29 is 15.0 Å². The summed E-state index contributed by atoms with van der Waals surface area (Å²) in [5.74, 6) is -0.335. The van der Waals surface area contributed by atoms with Crippen LogP contribution in [0.4, 0.5) is 0 Å². The molecule has 2 rings (SSSR count). The lowest BCUT2D eigenvalue weighted by atomic mass is 10.0. The summed E-state index contributed by atoms with van der Waals surface area (Å²) in [5, 5.41) is 22.4. The number of hydrogen-bond acceptors (Lipinski definition) is 4. The summed E-state index contributed by atoms with van der Waals surface area (Å²) < 4.78 is 0. The molecule has 0 atom stereocenters. The zero-order valence-electron chi connectivity index (χ0n) is 12.4. The molecule has 0 saturated carbocycles. The van der Waals surface area contributed by atoms with E-state index in [0.717, 1.165) is 0 Å². The number of benzene rings is 2. The van der Waals surface area contributed by atoms with E-state index in [1.165, 1.54) is 23.9 Å². The van der Waals surface area contributed by atoms with Crippen LogP contribution in [-0.4, -0.2) is 22.3 Å². The van der Waals surface area contributed by atoms with Crippen molar-refractivity contribution in [3.63, 3.8) is 0 Å². The van der Waals surface area contributed by atoms with Gasteiger partial charge in [-0.1, -0.05) is 26.0 Å². The maximum atomic E-state index is 11.9. The first-order valence-corrected chi connectivity index (χ1v) is 6.92. The Morgan fingerprint density at radius 2 is 1.77 bits per heavy atom. The molecule has 1 amide bonds. The molecule has 22 heavy (non-hydrogen) atoms. The second kappa shape index (κ2) is 6.76. The van der Waals surface area contributed by atoms with Crippen LogP contribution < -0.4 is 5.43 Å². The van der Waals surface area contributed by atoms with Gasteiger partial charge in [0, 0.05) is 5.56 Å². The van der Waals surface area contributed by atoms with Gasteiger partial charge in [0.2, 0.25) is 0 Å². The average Bonchev–Trinajstić information content (AvgIpc) is 2.51. The highest BCUT2D eigenvalue weighted by Crippen LogP contribution is 2.23. The van der Waals surface area contributed by atoms with Gasteiger partial charge in [0.05, 0.1) is 6.21 Å². The Balaban J connectivity index is 1.99. The molecule has 0 aromatic heterocycles. The third kappa shape index (κ3) is 3.85. The number of nitrogens with one attached hydrogen (secondary N) is 1. The topological polar surface area (TPSA) is 81.9 Å². The van der Waals surface area contributed by atoms with Gasteiger partial charge in [-0.25, -0.2) is 5.43 Å². The molecule has 5 heteroatoms.